The van der Waals surface area contributed by atoms with Crippen LogP contribution < -0.4 is 11.5 Å². The highest BCUT2D eigenvalue weighted by Gasteiger charge is 2.00. The van der Waals surface area contributed by atoms with Crippen molar-refractivity contribution in [2.45, 2.75) is 26.3 Å². The summed E-state index contributed by atoms with van der Waals surface area (Å²) in [5.74, 6) is 0.675. The topological polar surface area (TPSA) is 52.0 Å². The zero-order chi connectivity index (χ0) is 6.57. The standard InChI is InChI=1S/C6H16N2.H2S/c1-5(2)3-6(8)4-7;/h5-6H,3-4,7-8H2,1-2H3;1H2/t6-;/m0./s1. The second-order valence-electron chi connectivity index (χ2n) is 2.63. The third-order valence-corrected chi connectivity index (χ3v) is 1.08. The van der Waals surface area contributed by atoms with Crippen molar-refractivity contribution >= 4 is 13.5 Å². The zero-order valence-electron chi connectivity index (χ0n) is 6.22. The quantitative estimate of drug-likeness (QED) is 0.613. The third kappa shape index (κ3) is 8.27. The van der Waals surface area contributed by atoms with Crippen LogP contribution in [0.2, 0.25) is 0 Å². The lowest BCUT2D eigenvalue weighted by Crippen LogP contribution is -2.30. The molecule has 0 saturated heterocycles. The van der Waals surface area contributed by atoms with Gasteiger partial charge in [-0.25, -0.2) is 0 Å². The van der Waals surface area contributed by atoms with Gasteiger partial charge in [0.15, 0.2) is 0 Å². The number of rotatable bonds is 3. The maximum atomic E-state index is 5.55. The molecule has 1 atom stereocenters. The minimum absolute atomic E-state index is 0. The van der Waals surface area contributed by atoms with Gasteiger partial charge in [0.2, 0.25) is 0 Å². The Balaban J connectivity index is 0. The van der Waals surface area contributed by atoms with E-state index in [-0.39, 0.29) is 19.5 Å². The minimum atomic E-state index is 0. The first-order valence-electron chi connectivity index (χ1n) is 3.12. The summed E-state index contributed by atoms with van der Waals surface area (Å²) in [5, 5.41) is 0. The zero-order valence-corrected chi connectivity index (χ0v) is 7.22. The second kappa shape index (κ2) is 6.39. The summed E-state index contributed by atoms with van der Waals surface area (Å²) >= 11 is 0. The summed E-state index contributed by atoms with van der Waals surface area (Å²) in [5.41, 5.74) is 10.8. The van der Waals surface area contributed by atoms with Crippen LogP contribution in [0, 0.1) is 5.92 Å². The second-order valence-corrected chi connectivity index (χ2v) is 2.63. The molecule has 0 aromatic rings. The number of hydrogen-bond acceptors (Lipinski definition) is 2. The molecule has 0 aromatic carbocycles. The summed E-state index contributed by atoms with van der Waals surface area (Å²) in [6.45, 7) is 4.91. The molecule has 58 valence electrons. The molecule has 0 aromatic heterocycles. The summed E-state index contributed by atoms with van der Waals surface area (Å²) in [4.78, 5) is 0. The van der Waals surface area contributed by atoms with Gasteiger partial charge in [0, 0.05) is 12.6 Å². The molecular formula is C6H18N2S. The van der Waals surface area contributed by atoms with Gasteiger partial charge in [-0.3, -0.25) is 0 Å². The van der Waals surface area contributed by atoms with Crippen molar-refractivity contribution in [2.75, 3.05) is 6.54 Å². The Morgan fingerprint density at radius 1 is 1.33 bits per heavy atom. The highest BCUT2D eigenvalue weighted by Crippen LogP contribution is 2.00. The predicted molar refractivity (Wildman–Crippen MR) is 46.9 cm³/mol. The van der Waals surface area contributed by atoms with E-state index in [1.54, 1.807) is 0 Å². The summed E-state index contributed by atoms with van der Waals surface area (Å²) in [6.07, 6.45) is 1.04. The molecular weight excluding hydrogens is 132 g/mol. The van der Waals surface area contributed by atoms with E-state index in [0.717, 1.165) is 6.42 Å². The van der Waals surface area contributed by atoms with Gasteiger partial charge in [0.05, 0.1) is 0 Å². The first-order chi connectivity index (χ1) is 3.66. The Morgan fingerprint density at radius 2 is 1.78 bits per heavy atom. The molecule has 0 aliphatic carbocycles. The summed E-state index contributed by atoms with van der Waals surface area (Å²) in [7, 11) is 0. The molecule has 0 aliphatic heterocycles. The van der Waals surface area contributed by atoms with Gasteiger partial charge >= 0.3 is 0 Å². The SMILES string of the molecule is CC(C)C[C@H](N)CN.S. The van der Waals surface area contributed by atoms with Crippen molar-refractivity contribution in [1.82, 2.24) is 0 Å². The average Bonchev–Trinajstić information content (AvgIpc) is 1.65. The van der Waals surface area contributed by atoms with Crippen LogP contribution in [0.25, 0.3) is 0 Å². The van der Waals surface area contributed by atoms with Crippen molar-refractivity contribution in [1.29, 1.82) is 0 Å². The van der Waals surface area contributed by atoms with E-state index in [1.807, 2.05) is 0 Å². The van der Waals surface area contributed by atoms with Crippen molar-refractivity contribution in [3.05, 3.63) is 0 Å². The molecule has 0 aliphatic rings. The van der Waals surface area contributed by atoms with Crippen molar-refractivity contribution < 1.29 is 0 Å². The molecule has 0 fully saturated rings. The van der Waals surface area contributed by atoms with Crippen LogP contribution in [0.5, 0.6) is 0 Å². The molecule has 0 heterocycles. The first-order valence-corrected chi connectivity index (χ1v) is 3.12. The van der Waals surface area contributed by atoms with Crippen molar-refractivity contribution in [3.63, 3.8) is 0 Å². The van der Waals surface area contributed by atoms with Crippen molar-refractivity contribution in [2.24, 2.45) is 17.4 Å². The number of hydrogen-bond donors (Lipinski definition) is 2. The van der Waals surface area contributed by atoms with Gasteiger partial charge in [0.25, 0.3) is 0 Å². The Labute approximate surface area is 64.4 Å². The van der Waals surface area contributed by atoms with E-state index in [0.29, 0.717) is 12.5 Å². The van der Waals surface area contributed by atoms with Crippen LogP contribution in [0.15, 0.2) is 0 Å². The molecule has 0 saturated carbocycles. The predicted octanol–water partition coefficient (Wildman–Crippen LogP) is 0.431. The van der Waals surface area contributed by atoms with E-state index < -0.39 is 0 Å². The van der Waals surface area contributed by atoms with Crippen LogP contribution in [-0.2, 0) is 0 Å². The van der Waals surface area contributed by atoms with Crippen LogP contribution in [0.3, 0.4) is 0 Å². The maximum absolute atomic E-state index is 5.55. The molecule has 0 rings (SSSR count). The summed E-state index contributed by atoms with van der Waals surface area (Å²) in [6, 6.07) is 0.204. The molecule has 3 heteroatoms. The van der Waals surface area contributed by atoms with Gasteiger partial charge in [-0.15, -0.1) is 0 Å². The van der Waals surface area contributed by atoms with E-state index in [2.05, 4.69) is 13.8 Å². The highest BCUT2D eigenvalue weighted by molar-refractivity contribution is 7.59. The molecule has 0 unspecified atom stereocenters. The number of nitrogens with two attached hydrogens (primary N) is 2. The largest absolute Gasteiger partial charge is 0.329 e. The van der Waals surface area contributed by atoms with Gasteiger partial charge in [-0.2, -0.15) is 13.5 Å². The molecule has 0 radical (unpaired) electrons. The van der Waals surface area contributed by atoms with Gasteiger partial charge < -0.3 is 11.5 Å². The average molecular weight is 150 g/mol. The smallest absolute Gasteiger partial charge is 0.0165 e. The lowest BCUT2D eigenvalue weighted by Gasteiger charge is -2.09. The Bertz CT molecular complexity index is 57.0. The first kappa shape index (κ1) is 12.0. The van der Waals surface area contributed by atoms with Gasteiger partial charge in [0.1, 0.15) is 0 Å². The Morgan fingerprint density at radius 3 is 1.89 bits per heavy atom. The lowest BCUT2D eigenvalue weighted by molar-refractivity contribution is 0.501. The van der Waals surface area contributed by atoms with E-state index in [1.165, 1.54) is 0 Å². The molecule has 0 amide bonds. The lowest BCUT2D eigenvalue weighted by atomic mass is 10.1. The third-order valence-electron chi connectivity index (χ3n) is 1.08. The van der Waals surface area contributed by atoms with Crippen LogP contribution in [0.4, 0.5) is 0 Å². The van der Waals surface area contributed by atoms with E-state index >= 15 is 0 Å². The van der Waals surface area contributed by atoms with Crippen molar-refractivity contribution in [3.8, 4) is 0 Å². The van der Waals surface area contributed by atoms with Crippen LogP contribution in [0.1, 0.15) is 20.3 Å². The molecule has 0 bridgehead atoms. The van der Waals surface area contributed by atoms with E-state index in [4.69, 9.17) is 11.5 Å². The monoisotopic (exact) mass is 150 g/mol. The Hall–Kier alpha value is 0.270. The molecule has 2 nitrogen and oxygen atoms in total. The fourth-order valence-corrected chi connectivity index (χ4v) is 0.702. The highest BCUT2D eigenvalue weighted by atomic mass is 32.1. The molecule has 9 heavy (non-hydrogen) atoms. The fraction of sp³-hybridized carbons (Fsp3) is 1.00. The molecule has 4 N–H and O–H groups in total. The molecule has 0 spiro atoms. The minimum Gasteiger partial charge on any atom is -0.329 e. The Kier molecular flexibility index (Phi) is 8.52. The maximum Gasteiger partial charge on any atom is 0.0165 e. The van der Waals surface area contributed by atoms with Crippen LogP contribution in [-0.4, -0.2) is 12.6 Å². The van der Waals surface area contributed by atoms with Gasteiger partial charge in [-0.05, 0) is 12.3 Å². The van der Waals surface area contributed by atoms with Gasteiger partial charge in [-0.1, -0.05) is 13.8 Å². The summed E-state index contributed by atoms with van der Waals surface area (Å²) < 4.78 is 0. The van der Waals surface area contributed by atoms with E-state index in [9.17, 15) is 0 Å². The normalized spacial score (nSPS) is 13.0. The fourth-order valence-electron chi connectivity index (χ4n) is 0.702. The van der Waals surface area contributed by atoms with Crippen LogP contribution >= 0.6 is 13.5 Å².